The van der Waals surface area contributed by atoms with Gasteiger partial charge in [-0.2, -0.15) is 0 Å². The smallest absolute Gasteiger partial charge is 0.349 e. The molecular weight excluding hydrogens is 364 g/mol. The van der Waals surface area contributed by atoms with E-state index in [9.17, 15) is 4.79 Å². The molecule has 0 unspecified atom stereocenters. The van der Waals surface area contributed by atoms with Crippen molar-refractivity contribution in [3.63, 3.8) is 0 Å². The molecule has 0 amide bonds. The first kappa shape index (κ1) is 20.5. The summed E-state index contributed by atoms with van der Waals surface area (Å²) >= 11 is 0. The van der Waals surface area contributed by atoms with Gasteiger partial charge in [-0.1, -0.05) is 63.2 Å². The number of hydrogen-bond acceptors (Lipinski definition) is 4. The maximum Gasteiger partial charge on any atom is 0.349 e. The predicted octanol–water partition coefficient (Wildman–Crippen LogP) is 5.55. The van der Waals surface area contributed by atoms with E-state index in [2.05, 4.69) is 20.8 Å². The van der Waals surface area contributed by atoms with Gasteiger partial charge in [0.05, 0.1) is 0 Å². The number of carbonyl (C=O) groups is 1. The fraction of sp³-hybridized carbons (Fsp3) is 0.240. The van der Waals surface area contributed by atoms with Gasteiger partial charge in [0.2, 0.25) is 0 Å². The highest BCUT2D eigenvalue weighted by atomic mass is 16.6. The summed E-state index contributed by atoms with van der Waals surface area (Å²) in [5.74, 6) is 1.35. The summed E-state index contributed by atoms with van der Waals surface area (Å²) < 4.78 is 16.6. The topological polar surface area (TPSA) is 44.8 Å². The number of esters is 1. The Morgan fingerprint density at radius 1 is 0.724 bits per heavy atom. The van der Waals surface area contributed by atoms with Gasteiger partial charge in [-0.3, -0.25) is 0 Å². The van der Waals surface area contributed by atoms with E-state index < -0.39 is 5.97 Å². The Kier molecular flexibility index (Phi) is 6.55. The third kappa shape index (κ3) is 6.39. The maximum absolute atomic E-state index is 12.0. The minimum atomic E-state index is -0.456. The molecular formula is C25H26O4. The molecule has 0 atom stereocenters. The zero-order chi connectivity index (χ0) is 20.7. The van der Waals surface area contributed by atoms with E-state index in [0.29, 0.717) is 23.9 Å². The lowest BCUT2D eigenvalue weighted by molar-refractivity contribution is -0.136. The molecule has 0 aliphatic heterocycles. The fourth-order valence-corrected chi connectivity index (χ4v) is 2.70. The average molecular weight is 390 g/mol. The van der Waals surface area contributed by atoms with Gasteiger partial charge in [0.1, 0.15) is 23.9 Å². The molecule has 0 aliphatic carbocycles. The standard InChI is InChI=1S/C25H26O4/c1-25(2,3)20-9-11-21(12-10-20)28-18-24(26)29-23-15-13-22(14-16-23)27-17-19-7-5-4-6-8-19/h4-16H,17-18H2,1-3H3. The van der Waals surface area contributed by atoms with E-state index in [-0.39, 0.29) is 12.0 Å². The van der Waals surface area contributed by atoms with Crippen molar-refractivity contribution >= 4 is 5.97 Å². The van der Waals surface area contributed by atoms with Gasteiger partial charge in [0.15, 0.2) is 6.61 Å². The molecule has 0 bridgehead atoms. The summed E-state index contributed by atoms with van der Waals surface area (Å²) in [6.45, 7) is 6.79. The number of carbonyl (C=O) groups excluding carboxylic acids is 1. The molecule has 0 spiro atoms. The highest BCUT2D eigenvalue weighted by Crippen LogP contribution is 2.24. The summed E-state index contributed by atoms with van der Waals surface area (Å²) in [6, 6.07) is 24.6. The molecule has 0 N–H and O–H groups in total. The van der Waals surface area contributed by atoms with Crippen molar-refractivity contribution in [1.29, 1.82) is 0 Å². The Labute approximate surface area is 172 Å². The van der Waals surface area contributed by atoms with Gasteiger partial charge in [-0.15, -0.1) is 0 Å². The second kappa shape index (κ2) is 9.28. The fourth-order valence-electron chi connectivity index (χ4n) is 2.70. The summed E-state index contributed by atoms with van der Waals surface area (Å²) in [5, 5.41) is 0. The van der Waals surface area contributed by atoms with Crippen molar-refractivity contribution in [2.75, 3.05) is 6.61 Å². The van der Waals surface area contributed by atoms with Crippen molar-refractivity contribution in [3.05, 3.63) is 90.0 Å². The van der Waals surface area contributed by atoms with Crippen LogP contribution in [0.3, 0.4) is 0 Å². The Morgan fingerprint density at radius 2 is 1.28 bits per heavy atom. The average Bonchev–Trinajstić information content (AvgIpc) is 2.72. The quantitative estimate of drug-likeness (QED) is 0.392. The predicted molar refractivity (Wildman–Crippen MR) is 113 cm³/mol. The Bertz CT molecular complexity index is 908. The summed E-state index contributed by atoms with van der Waals surface area (Å²) in [5.41, 5.74) is 2.38. The summed E-state index contributed by atoms with van der Waals surface area (Å²) in [7, 11) is 0. The van der Waals surface area contributed by atoms with Gasteiger partial charge in [0, 0.05) is 0 Å². The van der Waals surface area contributed by atoms with Crippen molar-refractivity contribution < 1.29 is 19.0 Å². The van der Waals surface area contributed by atoms with Gasteiger partial charge < -0.3 is 14.2 Å². The van der Waals surface area contributed by atoms with Crippen LogP contribution in [0.1, 0.15) is 31.9 Å². The molecule has 3 aromatic rings. The molecule has 3 aromatic carbocycles. The third-order valence-corrected chi connectivity index (χ3v) is 4.38. The van der Waals surface area contributed by atoms with Gasteiger partial charge in [-0.05, 0) is 52.9 Å². The van der Waals surface area contributed by atoms with Crippen LogP contribution in [0, 0.1) is 0 Å². The van der Waals surface area contributed by atoms with Crippen molar-refractivity contribution in [2.45, 2.75) is 32.8 Å². The third-order valence-electron chi connectivity index (χ3n) is 4.38. The molecule has 150 valence electrons. The molecule has 0 fully saturated rings. The van der Waals surface area contributed by atoms with Crippen LogP contribution in [0.15, 0.2) is 78.9 Å². The molecule has 0 saturated carbocycles. The van der Waals surface area contributed by atoms with E-state index in [1.807, 2.05) is 54.6 Å². The van der Waals surface area contributed by atoms with Gasteiger partial charge in [0.25, 0.3) is 0 Å². The Balaban J connectivity index is 1.45. The lowest BCUT2D eigenvalue weighted by Gasteiger charge is -2.19. The zero-order valence-corrected chi connectivity index (χ0v) is 17.1. The monoisotopic (exact) mass is 390 g/mol. The molecule has 4 nitrogen and oxygen atoms in total. The van der Waals surface area contributed by atoms with Gasteiger partial charge in [-0.25, -0.2) is 4.79 Å². The molecule has 0 saturated heterocycles. The molecule has 29 heavy (non-hydrogen) atoms. The Hall–Kier alpha value is -3.27. The van der Waals surface area contributed by atoms with Crippen molar-refractivity contribution in [2.24, 2.45) is 0 Å². The first-order chi connectivity index (χ1) is 13.9. The molecule has 0 aliphatic rings. The SMILES string of the molecule is CC(C)(C)c1ccc(OCC(=O)Oc2ccc(OCc3ccccc3)cc2)cc1. The first-order valence-electron chi connectivity index (χ1n) is 9.61. The number of benzene rings is 3. The minimum absolute atomic E-state index is 0.0778. The lowest BCUT2D eigenvalue weighted by Crippen LogP contribution is -2.17. The highest BCUT2D eigenvalue weighted by molar-refractivity contribution is 5.74. The van der Waals surface area contributed by atoms with Gasteiger partial charge >= 0.3 is 5.97 Å². The molecule has 0 aromatic heterocycles. The van der Waals surface area contributed by atoms with E-state index in [1.165, 1.54) is 5.56 Å². The molecule has 3 rings (SSSR count). The van der Waals surface area contributed by atoms with Crippen LogP contribution in [0.25, 0.3) is 0 Å². The highest BCUT2D eigenvalue weighted by Gasteiger charge is 2.13. The first-order valence-corrected chi connectivity index (χ1v) is 9.61. The zero-order valence-electron chi connectivity index (χ0n) is 17.1. The van der Waals surface area contributed by atoms with E-state index >= 15 is 0 Å². The van der Waals surface area contributed by atoms with Crippen molar-refractivity contribution in [1.82, 2.24) is 0 Å². The maximum atomic E-state index is 12.0. The summed E-state index contributed by atoms with van der Waals surface area (Å²) in [6.07, 6.45) is 0. The van der Waals surface area contributed by atoms with E-state index in [1.54, 1.807) is 24.3 Å². The Morgan fingerprint density at radius 3 is 1.90 bits per heavy atom. The largest absolute Gasteiger partial charge is 0.489 e. The van der Waals surface area contributed by atoms with Crippen LogP contribution in [-0.4, -0.2) is 12.6 Å². The van der Waals surface area contributed by atoms with E-state index in [0.717, 1.165) is 5.56 Å². The van der Waals surface area contributed by atoms with Crippen LogP contribution in [0.5, 0.6) is 17.2 Å². The van der Waals surface area contributed by atoms with Crippen LogP contribution in [-0.2, 0) is 16.8 Å². The summed E-state index contributed by atoms with van der Waals surface area (Å²) in [4.78, 5) is 12.0. The van der Waals surface area contributed by atoms with Crippen LogP contribution >= 0.6 is 0 Å². The second-order valence-corrected chi connectivity index (χ2v) is 7.78. The normalized spacial score (nSPS) is 11.0. The van der Waals surface area contributed by atoms with Crippen molar-refractivity contribution in [3.8, 4) is 17.2 Å². The minimum Gasteiger partial charge on any atom is -0.489 e. The number of ether oxygens (including phenoxy) is 3. The lowest BCUT2D eigenvalue weighted by atomic mass is 9.87. The number of hydrogen-bond donors (Lipinski definition) is 0. The van der Waals surface area contributed by atoms with Crippen LogP contribution < -0.4 is 14.2 Å². The van der Waals surface area contributed by atoms with E-state index in [4.69, 9.17) is 14.2 Å². The molecule has 0 radical (unpaired) electrons. The molecule has 0 heterocycles. The van der Waals surface area contributed by atoms with Crippen LogP contribution in [0.4, 0.5) is 0 Å². The van der Waals surface area contributed by atoms with Crippen LogP contribution in [0.2, 0.25) is 0 Å². The second-order valence-electron chi connectivity index (χ2n) is 7.78. The number of rotatable bonds is 7. The molecule has 4 heteroatoms.